The van der Waals surface area contributed by atoms with Gasteiger partial charge in [0.05, 0.1) is 5.56 Å². The van der Waals surface area contributed by atoms with Gasteiger partial charge in [-0.1, -0.05) is 6.92 Å². The minimum absolute atomic E-state index is 0.0313. The van der Waals surface area contributed by atoms with E-state index in [4.69, 9.17) is 5.11 Å². The summed E-state index contributed by atoms with van der Waals surface area (Å²) in [5, 5.41) is 14.6. The highest BCUT2D eigenvalue weighted by Gasteiger charge is 2.06. The molecule has 0 radical (unpaired) electrons. The molecule has 0 aliphatic carbocycles. The van der Waals surface area contributed by atoms with Gasteiger partial charge < -0.3 is 15.7 Å². The Hall–Kier alpha value is -2.11. The van der Waals surface area contributed by atoms with E-state index in [2.05, 4.69) is 15.6 Å². The largest absolute Gasteiger partial charge is 0.478 e. The summed E-state index contributed by atoms with van der Waals surface area (Å²) in [6.45, 7) is 4.37. The molecule has 0 fully saturated rings. The van der Waals surface area contributed by atoms with Gasteiger partial charge in [0.25, 0.3) is 0 Å². The van der Waals surface area contributed by atoms with E-state index in [0.717, 1.165) is 6.42 Å². The zero-order valence-corrected chi connectivity index (χ0v) is 11.1. The predicted molar refractivity (Wildman–Crippen MR) is 72.2 cm³/mol. The third-order valence-electron chi connectivity index (χ3n) is 2.68. The molecule has 0 spiro atoms. The quantitative estimate of drug-likeness (QED) is 0.695. The van der Waals surface area contributed by atoms with Crippen molar-refractivity contribution in [3.8, 4) is 0 Å². The fraction of sp³-hybridized carbons (Fsp3) is 0.462. The van der Waals surface area contributed by atoms with Crippen molar-refractivity contribution in [2.24, 2.45) is 0 Å². The molecule has 0 aliphatic rings. The van der Waals surface area contributed by atoms with E-state index < -0.39 is 5.97 Å². The number of anilines is 1. The minimum atomic E-state index is -1.00. The van der Waals surface area contributed by atoms with Crippen LogP contribution in [0.1, 0.15) is 37.0 Å². The van der Waals surface area contributed by atoms with Crippen LogP contribution >= 0.6 is 0 Å². The molecule has 1 unspecified atom stereocenters. The molecule has 19 heavy (non-hydrogen) atoms. The Morgan fingerprint density at radius 2 is 2.21 bits per heavy atom. The lowest BCUT2D eigenvalue weighted by Gasteiger charge is -2.11. The maximum atomic E-state index is 11.5. The molecule has 1 aromatic heterocycles. The highest BCUT2D eigenvalue weighted by atomic mass is 16.4. The van der Waals surface area contributed by atoms with E-state index in [1.165, 1.54) is 18.3 Å². The van der Waals surface area contributed by atoms with Crippen LogP contribution in [0, 0.1) is 0 Å². The Balaban J connectivity index is 2.39. The van der Waals surface area contributed by atoms with Crippen LogP contribution in [-0.2, 0) is 4.79 Å². The van der Waals surface area contributed by atoms with Crippen LogP contribution in [-0.4, -0.2) is 34.6 Å². The number of aromatic carboxylic acids is 1. The average molecular weight is 265 g/mol. The Kier molecular flexibility index (Phi) is 5.78. The van der Waals surface area contributed by atoms with Crippen molar-refractivity contribution < 1.29 is 14.7 Å². The van der Waals surface area contributed by atoms with Crippen LogP contribution in [0.4, 0.5) is 5.82 Å². The molecule has 1 atom stereocenters. The van der Waals surface area contributed by atoms with Crippen LogP contribution in [0.25, 0.3) is 0 Å². The second-order valence-corrected chi connectivity index (χ2v) is 4.29. The summed E-state index contributed by atoms with van der Waals surface area (Å²) in [5.74, 6) is -0.576. The van der Waals surface area contributed by atoms with E-state index in [0.29, 0.717) is 18.8 Å². The van der Waals surface area contributed by atoms with E-state index in [1.54, 1.807) is 0 Å². The molecule has 1 aromatic rings. The molecule has 1 rings (SSSR count). The molecular formula is C13H19N3O3. The predicted octanol–water partition coefficient (Wildman–Crippen LogP) is 1.50. The van der Waals surface area contributed by atoms with Gasteiger partial charge in [0, 0.05) is 25.2 Å². The molecule has 0 bridgehead atoms. The third-order valence-corrected chi connectivity index (χ3v) is 2.68. The Morgan fingerprint density at radius 3 is 2.84 bits per heavy atom. The minimum Gasteiger partial charge on any atom is -0.478 e. The van der Waals surface area contributed by atoms with Crippen LogP contribution in [0.5, 0.6) is 0 Å². The van der Waals surface area contributed by atoms with Gasteiger partial charge in [0.2, 0.25) is 5.91 Å². The number of pyridine rings is 1. The molecule has 0 aliphatic heterocycles. The lowest BCUT2D eigenvalue weighted by molar-refractivity contribution is -0.121. The van der Waals surface area contributed by atoms with Gasteiger partial charge in [-0.3, -0.25) is 4.79 Å². The zero-order chi connectivity index (χ0) is 14.3. The first-order chi connectivity index (χ1) is 9.02. The van der Waals surface area contributed by atoms with Crippen molar-refractivity contribution in [3.05, 3.63) is 23.9 Å². The zero-order valence-electron chi connectivity index (χ0n) is 11.1. The van der Waals surface area contributed by atoms with E-state index in [9.17, 15) is 9.59 Å². The van der Waals surface area contributed by atoms with Gasteiger partial charge in [-0.2, -0.15) is 0 Å². The number of carboxylic acid groups (broad SMARTS) is 1. The number of aromatic nitrogens is 1. The van der Waals surface area contributed by atoms with Gasteiger partial charge in [-0.15, -0.1) is 0 Å². The second kappa shape index (κ2) is 7.35. The van der Waals surface area contributed by atoms with Crippen molar-refractivity contribution in [2.45, 2.75) is 32.7 Å². The molecular weight excluding hydrogens is 246 g/mol. The highest BCUT2D eigenvalue weighted by molar-refractivity contribution is 5.88. The Labute approximate surface area is 112 Å². The van der Waals surface area contributed by atoms with Crippen molar-refractivity contribution >= 4 is 17.7 Å². The van der Waals surface area contributed by atoms with Gasteiger partial charge >= 0.3 is 5.97 Å². The van der Waals surface area contributed by atoms with Crippen molar-refractivity contribution in [1.29, 1.82) is 0 Å². The molecule has 1 heterocycles. The number of carbonyl (C=O) groups is 2. The van der Waals surface area contributed by atoms with Gasteiger partial charge in [-0.05, 0) is 25.5 Å². The first-order valence-corrected chi connectivity index (χ1v) is 6.25. The first kappa shape index (κ1) is 14.9. The van der Waals surface area contributed by atoms with Crippen LogP contribution in [0.3, 0.4) is 0 Å². The number of nitrogens with one attached hydrogen (secondary N) is 2. The van der Waals surface area contributed by atoms with Crippen molar-refractivity contribution in [1.82, 2.24) is 10.3 Å². The summed E-state index contributed by atoms with van der Waals surface area (Å²) in [7, 11) is 0. The fourth-order valence-corrected chi connectivity index (χ4v) is 1.41. The molecule has 3 N–H and O–H groups in total. The summed E-state index contributed by atoms with van der Waals surface area (Å²) in [4.78, 5) is 26.3. The highest BCUT2D eigenvalue weighted by Crippen LogP contribution is 2.06. The molecule has 104 valence electrons. The Morgan fingerprint density at radius 1 is 1.47 bits per heavy atom. The van der Waals surface area contributed by atoms with Crippen molar-refractivity contribution in [2.75, 3.05) is 11.9 Å². The molecule has 0 saturated carbocycles. The van der Waals surface area contributed by atoms with E-state index in [1.807, 2.05) is 13.8 Å². The number of carbonyl (C=O) groups excluding carboxylic acids is 1. The maximum absolute atomic E-state index is 11.5. The number of nitrogens with zero attached hydrogens (tertiary/aromatic N) is 1. The summed E-state index contributed by atoms with van der Waals surface area (Å²) >= 11 is 0. The molecule has 0 aromatic carbocycles. The summed E-state index contributed by atoms with van der Waals surface area (Å²) in [5.41, 5.74) is 0.168. The molecule has 6 nitrogen and oxygen atoms in total. The second-order valence-electron chi connectivity index (χ2n) is 4.29. The number of amides is 1. The first-order valence-electron chi connectivity index (χ1n) is 6.25. The number of hydrogen-bond donors (Lipinski definition) is 3. The maximum Gasteiger partial charge on any atom is 0.335 e. The molecule has 0 saturated heterocycles. The number of rotatable bonds is 7. The van der Waals surface area contributed by atoms with Gasteiger partial charge in [0.15, 0.2) is 0 Å². The summed E-state index contributed by atoms with van der Waals surface area (Å²) in [6.07, 6.45) is 2.63. The van der Waals surface area contributed by atoms with Crippen molar-refractivity contribution in [3.63, 3.8) is 0 Å². The van der Waals surface area contributed by atoms with Gasteiger partial charge in [0.1, 0.15) is 5.82 Å². The normalized spacial score (nSPS) is 11.7. The lowest BCUT2D eigenvalue weighted by Crippen LogP contribution is -2.33. The third kappa shape index (κ3) is 5.37. The topological polar surface area (TPSA) is 91.3 Å². The fourth-order valence-electron chi connectivity index (χ4n) is 1.41. The molecule has 1 amide bonds. The lowest BCUT2D eigenvalue weighted by atomic mass is 10.2. The Bertz CT molecular complexity index is 449. The van der Waals surface area contributed by atoms with Gasteiger partial charge in [-0.25, -0.2) is 9.78 Å². The van der Waals surface area contributed by atoms with Crippen LogP contribution in [0.15, 0.2) is 18.3 Å². The number of carboxylic acids is 1. The molecule has 6 heteroatoms. The van der Waals surface area contributed by atoms with Crippen LogP contribution in [0.2, 0.25) is 0 Å². The van der Waals surface area contributed by atoms with E-state index >= 15 is 0 Å². The van der Waals surface area contributed by atoms with E-state index in [-0.39, 0.29) is 17.5 Å². The monoisotopic (exact) mass is 265 g/mol. The van der Waals surface area contributed by atoms with Crippen LogP contribution < -0.4 is 10.6 Å². The standard InChI is InChI=1S/C13H19N3O3/c1-3-9(2)16-12(17)5-7-15-11-8-10(13(18)19)4-6-14-11/h4,6,8-9H,3,5,7H2,1-2H3,(H,14,15)(H,16,17)(H,18,19). The smallest absolute Gasteiger partial charge is 0.335 e. The average Bonchev–Trinajstić information content (AvgIpc) is 2.38. The SMILES string of the molecule is CCC(C)NC(=O)CCNc1cc(C(=O)O)ccn1. The summed E-state index contributed by atoms with van der Waals surface area (Å²) < 4.78 is 0. The number of hydrogen-bond acceptors (Lipinski definition) is 4. The summed E-state index contributed by atoms with van der Waals surface area (Å²) in [6, 6.07) is 3.03.